The zero-order valence-corrected chi connectivity index (χ0v) is 13.0. The van der Waals surface area contributed by atoms with Crippen LogP contribution in [0.15, 0.2) is 36.7 Å². The number of carbonyl (C=O) groups is 1. The van der Waals surface area contributed by atoms with Crippen molar-refractivity contribution < 1.29 is 9.90 Å². The van der Waals surface area contributed by atoms with E-state index in [0.717, 1.165) is 32.8 Å². The molecule has 3 aromatic rings. The number of rotatable bonds is 4. The van der Waals surface area contributed by atoms with Crippen LogP contribution in [0.4, 0.5) is 0 Å². The third kappa shape index (κ3) is 2.65. The lowest BCUT2D eigenvalue weighted by Gasteiger charge is -2.01. The molecule has 0 amide bonds. The summed E-state index contributed by atoms with van der Waals surface area (Å²) < 4.78 is 1.93. The van der Waals surface area contributed by atoms with Crippen molar-refractivity contribution in [3.63, 3.8) is 0 Å². The number of aromatic nitrogens is 3. The predicted molar refractivity (Wildman–Crippen MR) is 87.5 cm³/mol. The van der Waals surface area contributed by atoms with E-state index in [9.17, 15) is 4.79 Å². The Morgan fingerprint density at radius 1 is 1.36 bits per heavy atom. The molecule has 0 radical (unpaired) electrons. The lowest BCUT2D eigenvalue weighted by molar-refractivity contribution is -0.131. The second kappa shape index (κ2) is 5.73. The summed E-state index contributed by atoms with van der Waals surface area (Å²) in [5.41, 5.74) is 2.79. The van der Waals surface area contributed by atoms with Gasteiger partial charge in [0.2, 0.25) is 0 Å². The maximum Gasteiger partial charge on any atom is 0.328 e. The van der Waals surface area contributed by atoms with Gasteiger partial charge in [0.05, 0.1) is 21.6 Å². The summed E-state index contributed by atoms with van der Waals surface area (Å²) in [6, 6.07) is 7.85. The molecule has 0 saturated heterocycles. The summed E-state index contributed by atoms with van der Waals surface area (Å²) in [4.78, 5) is 20.7. The number of imidazole rings is 1. The van der Waals surface area contributed by atoms with Crippen molar-refractivity contribution in [3.8, 4) is 5.13 Å². The van der Waals surface area contributed by atoms with E-state index < -0.39 is 5.97 Å². The van der Waals surface area contributed by atoms with Gasteiger partial charge in [-0.2, -0.15) is 0 Å². The van der Waals surface area contributed by atoms with Crippen LogP contribution in [-0.4, -0.2) is 25.6 Å². The molecule has 1 N–H and O–H groups in total. The molecular weight excluding hydrogens is 298 g/mol. The number of para-hydroxylation sites is 2. The largest absolute Gasteiger partial charge is 0.478 e. The van der Waals surface area contributed by atoms with Gasteiger partial charge in [0, 0.05) is 6.08 Å². The number of hydrogen-bond donors (Lipinski definition) is 1. The SMILES string of the molecule is CC(C)c1nc(-n2cnc3ccccc32)sc1/C=C/C(=O)O. The first kappa shape index (κ1) is 14.5. The van der Waals surface area contributed by atoms with E-state index in [0.29, 0.717) is 0 Å². The Hall–Kier alpha value is -2.47. The Balaban J connectivity index is 2.12. The molecule has 0 aliphatic rings. The molecule has 0 aliphatic heterocycles. The number of thiazole rings is 1. The minimum absolute atomic E-state index is 0.216. The van der Waals surface area contributed by atoms with Crippen molar-refractivity contribution in [2.45, 2.75) is 19.8 Å². The first-order valence-corrected chi connectivity index (χ1v) is 7.72. The van der Waals surface area contributed by atoms with E-state index in [-0.39, 0.29) is 5.92 Å². The van der Waals surface area contributed by atoms with E-state index in [1.54, 1.807) is 12.4 Å². The van der Waals surface area contributed by atoms with E-state index in [1.165, 1.54) is 11.3 Å². The topological polar surface area (TPSA) is 68.0 Å². The molecular formula is C16H15N3O2S. The first-order valence-electron chi connectivity index (χ1n) is 6.90. The van der Waals surface area contributed by atoms with Crippen LogP contribution < -0.4 is 0 Å². The fraction of sp³-hybridized carbons (Fsp3) is 0.188. The molecule has 22 heavy (non-hydrogen) atoms. The van der Waals surface area contributed by atoms with Crippen LogP contribution in [0.25, 0.3) is 22.2 Å². The van der Waals surface area contributed by atoms with Crippen molar-refractivity contribution in [2.75, 3.05) is 0 Å². The standard InChI is InChI=1S/C16H15N3O2S/c1-10(2)15-13(7-8-14(20)21)22-16(18-15)19-9-17-11-5-3-4-6-12(11)19/h3-10H,1-2H3,(H,20,21)/b8-7+. The fourth-order valence-electron chi connectivity index (χ4n) is 2.23. The normalized spacial score (nSPS) is 11.8. The second-order valence-corrected chi connectivity index (χ2v) is 6.18. The quantitative estimate of drug-likeness (QED) is 0.746. The molecule has 0 fully saturated rings. The first-order chi connectivity index (χ1) is 10.6. The van der Waals surface area contributed by atoms with Crippen molar-refractivity contribution >= 4 is 34.4 Å². The zero-order valence-electron chi connectivity index (χ0n) is 12.2. The van der Waals surface area contributed by atoms with Gasteiger partial charge in [-0.25, -0.2) is 14.8 Å². The molecule has 0 spiro atoms. The van der Waals surface area contributed by atoms with E-state index in [4.69, 9.17) is 5.11 Å². The lowest BCUT2D eigenvalue weighted by Crippen LogP contribution is -1.94. The van der Waals surface area contributed by atoms with Gasteiger partial charge in [-0.1, -0.05) is 37.3 Å². The summed E-state index contributed by atoms with van der Waals surface area (Å²) in [6.07, 6.45) is 4.51. The third-order valence-electron chi connectivity index (χ3n) is 3.25. The highest BCUT2D eigenvalue weighted by molar-refractivity contribution is 7.15. The zero-order chi connectivity index (χ0) is 15.7. The smallest absolute Gasteiger partial charge is 0.328 e. The third-order valence-corrected chi connectivity index (χ3v) is 4.29. The lowest BCUT2D eigenvalue weighted by atomic mass is 10.1. The van der Waals surface area contributed by atoms with Gasteiger partial charge in [-0.05, 0) is 24.1 Å². The highest BCUT2D eigenvalue weighted by Gasteiger charge is 2.15. The van der Waals surface area contributed by atoms with Crippen LogP contribution in [0.2, 0.25) is 0 Å². The van der Waals surface area contributed by atoms with Gasteiger partial charge in [0.1, 0.15) is 6.33 Å². The van der Waals surface area contributed by atoms with Gasteiger partial charge in [-0.15, -0.1) is 0 Å². The summed E-state index contributed by atoms with van der Waals surface area (Å²) in [7, 11) is 0. The summed E-state index contributed by atoms with van der Waals surface area (Å²) in [6.45, 7) is 4.09. The van der Waals surface area contributed by atoms with Gasteiger partial charge in [-0.3, -0.25) is 4.57 Å². The highest BCUT2D eigenvalue weighted by atomic mass is 32.1. The molecule has 2 heterocycles. The Kier molecular flexibility index (Phi) is 3.77. The molecule has 3 rings (SSSR count). The second-order valence-electron chi connectivity index (χ2n) is 5.18. The number of hydrogen-bond acceptors (Lipinski definition) is 4. The molecule has 0 saturated carbocycles. The number of nitrogens with zero attached hydrogens (tertiary/aromatic N) is 3. The number of carboxylic acid groups (broad SMARTS) is 1. The molecule has 5 nitrogen and oxygen atoms in total. The minimum Gasteiger partial charge on any atom is -0.478 e. The number of carboxylic acids is 1. The van der Waals surface area contributed by atoms with Crippen LogP contribution in [0, 0.1) is 0 Å². The van der Waals surface area contributed by atoms with Crippen LogP contribution in [0.5, 0.6) is 0 Å². The van der Waals surface area contributed by atoms with Gasteiger partial charge in [0.15, 0.2) is 5.13 Å². The molecule has 6 heteroatoms. The van der Waals surface area contributed by atoms with Crippen molar-refractivity contribution in [1.82, 2.24) is 14.5 Å². The molecule has 0 aliphatic carbocycles. The number of fused-ring (bicyclic) bond motifs is 1. The molecule has 0 bridgehead atoms. The minimum atomic E-state index is -0.960. The van der Waals surface area contributed by atoms with Crippen molar-refractivity contribution in [1.29, 1.82) is 0 Å². The average Bonchev–Trinajstić information content (AvgIpc) is 3.08. The summed E-state index contributed by atoms with van der Waals surface area (Å²) in [5, 5.41) is 9.61. The van der Waals surface area contributed by atoms with Crippen LogP contribution in [0.3, 0.4) is 0 Å². The van der Waals surface area contributed by atoms with Crippen molar-refractivity contribution in [2.24, 2.45) is 0 Å². The maximum absolute atomic E-state index is 10.7. The number of benzene rings is 1. The van der Waals surface area contributed by atoms with Gasteiger partial charge in [0.25, 0.3) is 0 Å². The van der Waals surface area contributed by atoms with Crippen LogP contribution in [0.1, 0.15) is 30.3 Å². The Morgan fingerprint density at radius 2 is 2.14 bits per heavy atom. The van der Waals surface area contributed by atoms with Gasteiger partial charge >= 0.3 is 5.97 Å². The monoisotopic (exact) mass is 313 g/mol. The number of aliphatic carboxylic acids is 1. The Morgan fingerprint density at radius 3 is 2.86 bits per heavy atom. The molecule has 2 aromatic heterocycles. The summed E-state index contributed by atoms with van der Waals surface area (Å²) >= 11 is 1.46. The molecule has 0 atom stereocenters. The predicted octanol–water partition coefficient (Wildman–Crippen LogP) is 3.70. The Bertz CT molecular complexity index is 861. The van der Waals surface area contributed by atoms with E-state index in [2.05, 4.69) is 9.97 Å². The van der Waals surface area contributed by atoms with E-state index >= 15 is 0 Å². The van der Waals surface area contributed by atoms with E-state index in [1.807, 2.05) is 42.7 Å². The van der Waals surface area contributed by atoms with Crippen LogP contribution >= 0.6 is 11.3 Å². The Labute approximate surface area is 131 Å². The van der Waals surface area contributed by atoms with Gasteiger partial charge < -0.3 is 5.11 Å². The molecule has 0 unspecified atom stereocenters. The fourth-order valence-corrected chi connectivity index (χ4v) is 3.33. The maximum atomic E-state index is 10.7. The van der Waals surface area contributed by atoms with Crippen LogP contribution in [-0.2, 0) is 4.79 Å². The van der Waals surface area contributed by atoms with Crippen molar-refractivity contribution in [3.05, 3.63) is 47.2 Å². The molecule has 1 aromatic carbocycles. The highest BCUT2D eigenvalue weighted by Crippen LogP contribution is 2.30. The molecule has 112 valence electrons. The average molecular weight is 313 g/mol. The summed E-state index contributed by atoms with van der Waals surface area (Å²) in [5.74, 6) is -0.744.